The highest BCUT2D eigenvalue weighted by Crippen LogP contribution is 2.46. The molecule has 170 valence electrons. The van der Waals surface area contributed by atoms with E-state index in [-0.39, 0.29) is 12.0 Å². The van der Waals surface area contributed by atoms with Crippen LogP contribution in [-0.4, -0.2) is 40.9 Å². The molecule has 3 heterocycles. The predicted molar refractivity (Wildman–Crippen MR) is 126 cm³/mol. The van der Waals surface area contributed by atoms with E-state index in [4.69, 9.17) is 9.47 Å². The molecule has 0 unspecified atom stereocenters. The number of amides is 1. The fourth-order valence-electron chi connectivity index (χ4n) is 4.96. The van der Waals surface area contributed by atoms with Gasteiger partial charge in [0, 0.05) is 43.3 Å². The summed E-state index contributed by atoms with van der Waals surface area (Å²) in [6.07, 6.45) is 4.30. The zero-order valence-corrected chi connectivity index (χ0v) is 19.2. The first-order valence-corrected chi connectivity index (χ1v) is 11.4. The SMILES string of the molecule is Cc1cc(C(=O)N2CCC3(CC2)Oc2cccc(C=O)c2-n2cccc23)ccc1OC(C)C. The Kier molecular flexibility index (Phi) is 5.23. The Hall–Kier alpha value is -3.54. The first-order valence-electron chi connectivity index (χ1n) is 11.4. The van der Waals surface area contributed by atoms with Crippen molar-refractivity contribution >= 4 is 12.2 Å². The normalized spacial score (nSPS) is 16.2. The van der Waals surface area contributed by atoms with Crippen molar-refractivity contribution in [2.45, 2.75) is 45.3 Å². The molecule has 5 rings (SSSR count). The molecule has 1 amide bonds. The number of para-hydroxylation sites is 1. The van der Waals surface area contributed by atoms with Gasteiger partial charge in [-0.2, -0.15) is 0 Å². The lowest BCUT2D eigenvalue weighted by atomic mass is 9.86. The zero-order valence-electron chi connectivity index (χ0n) is 19.2. The number of carbonyl (C=O) groups is 2. The van der Waals surface area contributed by atoms with E-state index in [0.29, 0.717) is 42.8 Å². The highest BCUT2D eigenvalue weighted by molar-refractivity contribution is 5.94. The van der Waals surface area contributed by atoms with Crippen molar-refractivity contribution in [2.24, 2.45) is 0 Å². The van der Waals surface area contributed by atoms with Gasteiger partial charge in [-0.25, -0.2) is 0 Å². The molecule has 1 spiro atoms. The average Bonchev–Trinajstić information content (AvgIpc) is 3.31. The number of piperidine rings is 1. The largest absolute Gasteiger partial charge is 0.491 e. The lowest BCUT2D eigenvalue weighted by molar-refractivity contribution is -0.00939. The van der Waals surface area contributed by atoms with Crippen LogP contribution in [0.15, 0.2) is 54.7 Å². The number of aldehydes is 1. The number of hydrogen-bond acceptors (Lipinski definition) is 4. The van der Waals surface area contributed by atoms with Gasteiger partial charge < -0.3 is 18.9 Å². The fourth-order valence-corrected chi connectivity index (χ4v) is 4.96. The Morgan fingerprint density at radius 3 is 2.61 bits per heavy atom. The highest BCUT2D eigenvalue weighted by Gasteiger charge is 2.45. The van der Waals surface area contributed by atoms with E-state index in [1.165, 1.54) is 0 Å². The van der Waals surface area contributed by atoms with E-state index in [0.717, 1.165) is 29.0 Å². The summed E-state index contributed by atoms with van der Waals surface area (Å²) in [5, 5.41) is 0. The summed E-state index contributed by atoms with van der Waals surface area (Å²) >= 11 is 0. The van der Waals surface area contributed by atoms with Gasteiger partial charge in [-0.05, 0) is 68.8 Å². The number of aromatic nitrogens is 1. The van der Waals surface area contributed by atoms with E-state index in [1.807, 2.05) is 68.3 Å². The number of benzene rings is 2. The molecule has 0 atom stereocenters. The van der Waals surface area contributed by atoms with Crippen LogP contribution in [0.1, 0.15) is 58.7 Å². The molecule has 1 aromatic heterocycles. The third-order valence-electron chi connectivity index (χ3n) is 6.56. The van der Waals surface area contributed by atoms with Crippen molar-refractivity contribution < 1.29 is 19.1 Å². The second kappa shape index (κ2) is 8.10. The summed E-state index contributed by atoms with van der Waals surface area (Å²) in [6.45, 7) is 7.13. The first-order chi connectivity index (χ1) is 15.9. The van der Waals surface area contributed by atoms with Crippen LogP contribution in [0.3, 0.4) is 0 Å². The molecular formula is C27H28N2O4. The second-order valence-corrected chi connectivity index (χ2v) is 9.11. The van der Waals surface area contributed by atoms with Crippen LogP contribution in [0.4, 0.5) is 0 Å². The maximum atomic E-state index is 13.2. The molecule has 1 fully saturated rings. The lowest BCUT2D eigenvalue weighted by Gasteiger charge is -2.45. The van der Waals surface area contributed by atoms with Crippen LogP contribution in [-0.2, 0) is 5.60 Å². The molecular weight excluding hydrogens is 416 g/mol. The Morgan fingerprint density at radius 2 is 1.91 bits per heavy atom. The van der Waals surface area contributed by atoms with E-state index in [2.05, 4.69) is 10.6 Å². The number of likely N-dealkylation sites (tertiary alicyclic amines) is 1. The highest BCUT2D eigenvalue weighted by atomic mass is 16.5. The van der Waals surface area contributed by atoms with Crippen LogP contribution in [0, 0.1) is 6.92 Å². The van der Waals surface area contributed by atoms with Gasteiger partial charge >= 0.3 is 0 Å². The minimum Gasteiger partial charge on any atom is -0.491 e. The Balaban J connectivity index is 1.37. The minimum atomic E-state index is -0.514. The van der Waals surface area contributed by atoms with Crippen molar-refractivity contribution in [3.05, 3.63) is 77.1 Å². The maximum absolute atomic E-state index is 13.2. The molecule has 6 nitrogen and oxygen atoms in total. The molecule has 2 aliphatic heterocycles. The molecule has 0 bridgehead atoms. The van der Waals surface area contributed by atoms with E-state index < -0.39 is 5.60 Å². The molecule has 33 heavy (non-hydrogen) atoms. The molecule has 2 aliphatic rings. The van der Waals surface area contributed by atoms with Crippen molar-refractivity contribution in [1.29, 1.82) is 0 Å². The number of fused-ring (bicyclic) bond motifs is 4. The molecule has 0 N–H and O–H groups in total. The Morgan fingerprint density at radius 1 is 1.12 bits per heavy atom. The topological polar surface area (TPSA) is 60.8 Å². The van der Waals surface area contributed by atoms with Gasteiger partial charge in [0.15, 0.2) is 11.9 Å². The van der Waals surface area contributed by atoms with E-state index in [9.17, 15) is 9.59 Å². The van der Waals surface area contributed by atoms with Crippen LogP contribution in [0.25, 0.3) is 5.69 Å². The number of carbonyl (C=O) groups excluding carboxylic acids is 2. The van der Waals surface area contributed by atoms with E-state index in [1.54, 1.807) is 6.07 Å². The summed E-state index contributed by atoms with van der Waals surface area (Å²) < 4.78 is 14.4. The lowest BCUT2D eigenvalue weighted by Crippen LogP contribution is -2.50. The molecule has 2 aromatic carbocycles. The van der Waals surface area contributed by atoms with Crippen molar-refractivity contribution in [1.82, 2.24) is 9.47 Å². The second-order valence-electron chi connectivity index (χ2n) is 9.11. The van der Waals surface area contributed by atoms with Gasteiger partial charge in [0.25, 0.3) is 5.91 Å². The summed E-state index contributed by atoms with van der Waals surface area (Å²) in [7, 11) is 0. The molecule has 1 saturated heterocycles. The predicted octanol–water partition coefficient (Wildman–Crippen LogP) is 4.91. The molecule has 3 aromatic rings. The monoisotopic (exact) mass is 444 g/mol. The number of rotatable bonds is 4. The van der Waals surface area contributed by atoms with Crippen LogP contribution < -0.4 is 9.47 Å². The Bertz CT molecular complexity index is 1220. The van der Waals surface area contributed by atoms with Crippen LogP contribution in [0.2, 0.25) is 0 Å². The van der Waals surface area contributed by atoms with Crippen molar-refractivity contribution in [2.75, 3.05) is 13.1 Å². The van der Waals surface area contributed by atoms with Gasteiger partial charge in [-0.3, -0.25) is 9.59 Å². The van der Waals surface area contributed by atoms with Crippen LogP contribution in [0.5, 0.6) is 11.5 Å². The summed E-state index contributed by atoms with van der Waals surface area (Å²) in [5.41, 5.74) is 3.54. The summed E-state index contributed by atoms with van der Waals surface area (Å²) in [5.74, 6) is 1.54. The maximum Gasteiger partial charge on any atom is 0.253 e. The van der Waals surface area contributed by atoms with Gasteiger partial charge in [0.1, 0.15) is 11.5 Å². The molecule has 0 saturated carbocycles. The number of aryl methyl sites for hydroxylation is 1. The molecule has 0 radical (unpaired) electrons. The van der Waals surface area contributed by atoms with Crippen LogP contribution >= 0.6 is 0 Å². The quantitative estimate of drug-likeness (QED) is 0.537. The molecule has 6 heteroatoms. The van der Waals surface area contributed by atoms with E-state index >= 15 is 0 Å². The van der Waals surface area contributed by atoms with Crippen molar-refractivity contribution in [3.8, 4) is 17.2 Å². The number of hydrogen-bond donors (Lipinski definition) is 0. The van der Waals surface area contributed by atoms with Gasteiger partial charge in [-0.15, -0.1) is 0 Å². The van der Waals surface area contributed by atoms with Gasteiger partial charge in [-0.1, -0.05) is 6.07 Å². The Labute approximate surface area is 193 Å². The fraction of sp³-hybridized carbons (Fsp3) is 0.333. The number of ether oxygens (including phenoxy) is 2. The third-order valence-corrected chi connectivity index (χ3v) is 6.56. The number of nitrogens with zero attached hydrogens (tertiary/aromatic N) is 2. The first kappa shape index (κ1) is 21.3. The van der Waals surface area contributed by atoms with Crippen molar-refractivity contribution in [3.63, 3.8) is 0 Å². The molecule has 0 aliphatic carbocycles. The summed E-state index contributed by atoms with van der Waals surface area (Å²) in [6, 6.07) is 15.2. The zero-order chi connectivity index (χ0) is 23.2. The average molecular weight is 445 g/mol. The smallest absolute Gasteiger partial charge is 0.253 e. The standard InChI is InChI=1S/C27H28N2O4/c1-18(2)32-22-10-9-20(16-19(22)3)26(31)28-14-11-27(12-15-28)24-8-5-13-29(24)25-21(17-30)6-4-7-23(25)33-27/h4-10,13,16-18H,11-12,14-15H2,1-3H3. The van der Waals surface area contributed by atoms with Gasteiger partial charge in [0.05, 0.1) is 17.5 Å². The summed E-state index contributed by atoms with van der Waals surface area (Å²) in [4.78, 5) is 26.7. The van der Waals surface area contributed by atoms with Gasteiger partial charge in [0.2, 0.25) is 0 Å². The minimum absolute atomic E-state index is 0.0267. The third kappa shape index (κ3) is 3.59.